The average Bonchev–Trinajstić information content (AvgIpc) is 2.30. The van der Waals surface area contributed by atoms with E-state index in [4.69, 9.17) is 9.47 Å². The average molecular weight is 238 g/mol. The molecule has 0 unspecified atom stereocenters. The predicted octanol–water partition coefficient (Wildman–Crippen LogP) is 1.55. The molecular weight excluding hydrogens is 220 g/mol. The highest BCUT2D eigenvalue weighted by molar-refractivity contribution is 5.83. The third-order valence-electron chi connectivity index (χ3n) is 3.60. The Bertz CT molecular complexity index is 347. The second-order valence-electron chi connectivity index (χ2n) is 4.67. The molecule has 2 aliphatic rings. The fourth-order valence-corrected chi connectivity index (χ4v) is 2.74. The standard InChI is InChI=1S/C13H18O4/c1-3-16-12(14)10-8(2)4-5-9-6-7-17-13(15)11(9)10/h4-5,8-11H,3,6-7H2,1-2H3/t8-,9-,10-,11-/m1/s1. The zero-order valence-electron chi connectivity index (χ0n) is 10.2. The quantitative estimate of drug-likeness (QED) is 0.541. The van der Waals surface area contributed by atoms with Crippen molar-refractivity contribution < 1.29 is 19.1 Å². The van der Waals surface area contributed by atoms with Gasteiger partial charge in [-0.1, -0.05) is 19.1 Å². The number of hydrogen-bond acceptors (Lipinski definition) is 4. The first-order chi connectivity index (χ1) is 8.15. The van der Waals surface area contributed by atoms with Gasteiger partial charge >= 0.3 is 11.9 Å². The molecule has 1 aliphatic heterocycles. The highest BCUT2D eigenvalue weighted by Gasteiger charge is 2.46. The van der Waals surface area contributed by atoms with Gasteiger partial charge in [-0.3, -0.25) is 9.59 Å². The molecule has 94 valence electrons. The van der Waals surface area contributed by atoms with Crippen molar-refractivity contribution in [2.75, 3.05) is 13.2 Å². The molecule has 0 spiro atoms. The number of rotatable bonds is 2. The maximum Gasteiger partial charge on any atom is 0.310 e. The second kappa shape index (κ2) is 4.90. The number of carbonyl (C=O) groups excluding carboxylic acids is 2. The summed E-state index contributed by atoms with van der Waals surface area (Å²) >= 11 is 0. The van der Waals surface area contributed by atoms with Gasteiger partial charge in [0, 0.05) is 0 Å². The van der Waals surface area contributed by atoms with Crippen molar-refractivity contribution in [3.63, 3.8) is 0 Å². The molecule has 17 heavy (non-hydrogen) atoms. The molecule has 1 saturated heterocycles. The number of hydrogen-bond donors (Lipinski definition) is 0. The fraction of sp³-hybridized carbons (Fsp3) is 0.692. The summed E-state index contributed by atoms with van der Waals surface area (Å²) in [6.45, 7) is 4.51. The summed E-state index contributed by atoms with van der Waals surface area (Å²) in [4.78, 5) is 23.8. The summed E-state index contributed by atoms with van der Waals surface area (Å²) in [5.74, 6) is -1.13. The Kier molecular flexibility index (Phi) is 3.50. The lowest BCUT2D eigenvalue weighted by molar-refractivity contribution is -0.169. The Labute approximate surface area is 101 Å². The van der Waals surface area contributed by atoms with E-state index in [0.717, 1.165) is 6.42 Å². The first kappa shape index (κ1) is 12.1. The van der Waals surface area contributed by atoms with Crippen molar-refractivity contribution in [3.8, 4) is 0 Å². The van der Waals surface area contributed by atoms with Crippen molar-refractivity contribution in [2.45, 2.75) is 20.3 Å². The maximum atomic E-state index is 11.9. The lowest BCUT2D eigenvalue weighted by atomic mass is 9.69. The number of cyclic esters (lactones) is 1. The van der Waals surface area contributed by atoms with Gasteiger partial charge in [-0.2, -0.15) is 0 Å². The molecule has 0 bridgehead atoms. The van der Waals surface area contributed by atoms with Crippen LogP contribution in [0.25, 0.3) is 0 Å². The SMILES string of the molecule is CCOC(=O)[C@H]1[C@@H]2C(=O)OCC[C@H]2C=C[C@H]1C. The van der Waals surface area contributed by atoms with E-state index in [1.54, 1.807) is 6.92 Å². The van der Waals surface area contributed by atoms with Gasteiger partial charge < -0.3 is 9.47 Å². The van der Waals surface area contributed by atoms with Crippen LogP contribution in [0.4, 0.5) is 0 Å². The molecule has 2 rings (SSSR count). The number of esters is 2. The Morgan fingerprint density at radius 1 is 1.53 bits per heavy atom. The van der Waals surface area contributed by atoms with Crippen molar-refractivity contribution in [1.29, 1.82) is 0 Å². The molecule has 0 saturated carbocycles. The van der Waals surface area contributed by atoms with E-state index in [1.807, 2.05) is 19.1 Å². The van der Waals surface area contributed by atoms with Crippen molar-refractivity contribution in [2.24, 2.45) is 23.7 Å². The van der Waals surface area contributed by atoms with Crippen LogP contribution in [-0.4, -0.2) is 25.2 Å². The fourth-order valence-electron chi connectivity index (χ4n) is 2.74. The van der Waals surface area contributed by atoms with Gasteiger partial charge in [-0.15, -0.1) is 0 Å². The highest BCUT2D eigenvalue weighted by atomic mass is 16.5. The smallest absolute Gasteiger partial charge is 0.310 e. The number of allylic oxidation sites excluding steroid dienone is 2. The molecule has 0 aromatic heterocycles. The van der Waals surface area contributed by atoms with Gasteiger partial charge in [0.05, 0.1) is 25.0 Å². The van der Waals surface area contributed by atoms with Gasteiger partial charge in [0.15, 0.2) is 0 Å². The topological polar surface area (TPSA) is 52.6 Å². The van der Waals surface area contributed by atoms with Crippen LogP contribution < -0.4 is 0 Å². The minimum Gasteiger partial charge on any atom is -0.466 e. The van der Waals surface area contributed by atoms with E-state index in [1.165, 1.54) is 0 Å². The zero-order valence-corrected chi connectivity index (χ0v) is 10.2. The lowest BCUT2D eigenvalue weighted by Crippen LogP contribution is -2.45. The predicted molar refractivity (Wildman–Crippen MR) is 61.0 cm³/mol. The first-order valence-electron chi connectivity index (χ1n) is 6.16. The highest BCUT2D eigenvalue weighted by Crippen LogP contribution is 2.39. The summed E-state index contributed by atoms with van der Waals surface area (Å²) in [6, 6.07) is 0. The minimum absolute atomic E-state index is 0.0287. The van der Waals surface area contributed by atoms with Crippen LogP contribution in [0.3, 0.4) is 0 Å². The van der Waals surface area contributed by atoms with E-state index < -0.39 is 5.92 Å². The van der Waals surface area contributed by atoms with E-state index in [2.05, 4.69) is 0 Å². The summed E-state index contributed by atoms with van der Waals surface area (Å²) in [5, 5.41) is 0. The van der Waals surface area contributed by atoms with Crippen molar-refractivity contribution in [1.82, 2.24) is 0 Å². The Morgan fingerprint density at radius 3 is 3.00 bits per heavy atom. The molecule has 1 heterocycles. The second-order valence-corrected chi connectivity index (χ2v) is 4.67. The number of carbonyl (C=O) groups is 2. The molecular formula is C13H18O4. The van der Waals surface area contributed by atoms with Gasteiger partial charge in [-0.25, -0.2) is 0 Å². The normalized spacial score (nSPS) is 36.0. The molecule has 0 amide bonds. The van der Waals surface area contributed by atoms with Crippen LogP contribution in [-0.2, 0) is 19.1 Å². The van der Waals surface area contributed by atoms with Crippen LogP contribution in [0.2, 0.25) is 0 Å². The van der Waals surface area contributed by atoms with E-state index in [-0.39, 0.29) is 29.7 Å². The van der Waals surface area contributed by atoms with Gasteiger partial charge in [-0.05, 0) is 25.2 Å². The van der Waals surface area contributed by atoms with Gasteiger partial charge in [0.2, 0.25) is 0 Å². The molecule has 0 radical (unpaired) electrons. The largest absolute Gasteiger partial charge is 0.466 e. The molecule has 0 aromatic carbocycles. The van der Waals surface area contributed by atoms with E-state index in [0.29, 0.717) is 13.2 Å². The molecule has 1 fully saturated rings. The lowest BCUT2D eigenvalue weighted by Gasteiger charge is -2.37. The van der Waals surface area contributed by atoms with Gasteiger partial charge in [0.25, 0.3) is 0 Å². The van der Waals surface area contributed by atoms with Crippen LogP contribution in [0.1, 0.15) is 20.3 Å². The van der Waals surface area contributed by atoms with E-state index >= 15 is 0 Å². The van der Waals surface area contributed by atoms with Crippen LogP contribution in [0, 0.1) is 23.7 Å². The third-order valence-corrected chi connectivity index (χ3v) is 3.60. The Balaban J connectivity index is 2.24. The number of fused-ring (bicyclic) bond motifs is 1. The molecule has 4 nitrogen and oxygen atoms in total. The summed E-state index contributed by atoms with van der Waals surface area (Å²) in [6.07, 6.45) is 4.86. The Hall–Kier alpha value is -1.32. The molecule has 4 heteroatoms. The molecule has 4 atom stereocenters. The van der Waals surface area contributed by atoms with Gasteiger partial charge in [0.1, 0.15) is 0 Å². The summed E-state index contributed by atoms with van der Waals surface area (Å²) < 4.78 is 10.1. The summed E-state index contributed by atoms with van der Waals surface area (Å²) in [5.41, 5.74) is 0. The van der Waals surface area contributed by atoms with E-state index in [9.17, 15) is 9.59 Å². The molecule has 0 aromatic rings. The first-order valence-corrected chi connectivity index (χ1v) is 6.16. The monoisotopic (exact) mass is 238 g/mol. The maximum absolute atomic E-state index is 11.9. The van der Waals surface area contributed by atoms with Crippen LogP contribution in [0.5, 0.6) is 0 Å². The van der Waals surface area contributed by atoms with Crippen LogP contribution >= 0.6 is 0 Å². The van der Waals surface area contributed by atoms with Crippen molar-refractivity contribution in [3.05, 3.63) is 12.2 Å². The molecule has 0 N–H and O–H groups in total. The van der Waals surface area contributed by atoms with Crippen molar-refractivity contribution >= 4 is 11.9 Å². The molecule has 1 aliphatic carbocycles. The Morgan fingerprint density at radius 2 is 2.29 bits per heavy atom. The van der Waals surface area contributed by atoms with Crippen LogP contribution in [0.15, 0.2) is 12.2 Å². The minimum atomic E-state index is -0.391. The zero-order chi connectivity index (χ0) is 12.4. The summed E-state index contributed by atoms with van der Waals surface area (Å²) in [7, 11) is 0. The third kappa shape index (κ3) is 2.21. The number of ether oxygens (including phenoxy) is 2.